The van der Waals surface area contributed by atoms with Crippen molar-refractivity contribution in [3.8, 4) is 0 Å². The molecule has 1 aliphatic carbocycles. The van der Waals surface area contributed by atoms with E-state index in [0.29, 0.717) is 6.61 Å². The topological polar surface area (TPSA) is 61.8 Å². The van der Waals surface area contributed by atoms with Crippen molar-refractivity contribution in [2.45, 2.75) is 32.7 Å². The number of carbonyl (C=O) groups excluding carboxylic acids is 2. The minimum Gasteiger partial charge on any atom is -0.454 e. The van der Waals surface area contributed by atoms with Gasteiger partial charge in [0.2, 0.25) is 0 Å². The van der Waals surface area contributed by atoms with E-state index in [9.17, 15) is 9.59 Å². The minimum absolute atomic E-state index is 0.287. The van der Waals surface area contributed by atoms with Gasteiger partial charge in [-0.15, -0.1) is 0 Å². The maximum Gasteiger partial charge on any atom is 0.303 e. The molecule has 0 fully saturated rings. The number of carbonyl (C=O) groups is 2. The van der Waals surface area contributed by atoms with Gasteiger partial charge in [-0.1, -0.05) is 42.5 Å². The summed E-state index contributed by atoms with van der Waals surface area (Å²) < 4.78 is 16.2. The van der Waals surface area contributed by atoms with Gasteiger partial charge < -0.3 is 14.2 Å². The lowest BCUT2D eigenvalue weighted by atomic mass is 9.99. The Morgan fingerprint density at radius 2 is 1.70 bits per heavy atom. The van der Waals surface area contributed by atoms with Crippen LogP contribution in [0.25, 0.3) is 0 Å². The largest absolute Gasteiger partial charge is 0.454 e. The molecule has 23 heavy (non-hydrogen) atoms. The molecule has 0 heterocycles. The minimum atomic E-state index is -0.655. The zero-order valence-corrected chi connectivity index (χ0v) is 13.2. The molecule has 122 valence electrons. The lowest BCUT2D eigenvalue weighted by molar-refractivity contribution is -0.159. The summed E-state index contributed by atoms with van der Waals surface area (Å²) in [7, 11) is 0. The molecule has 0 bridgehead atoms. The van der Waals surface area contributed by atoms with Crippen molar-refractivity contribution >= 4 is 11.9 Å². The van der Waals surface area contributed by atoms with Crippen LogP contribution in [-0.4, -0.2) is 30.8 Å². The van der Waals surface area contributed by atoms with E-state index in [1.54, 1.807) is 12.2 Å². The van der Waals surface area contributed by atoms with Gasteiger partial charge in [-0.05, 0) is 17.2 Å². The van der Waals surface area contributed by atoms with Crippen molar-refractivity contribution in [2.75, 3.05) is 6.61 Å². The van der Waals surface area contributed by atoms with Crippen LogP contribution in [0.1, 0.15) is 19.4 Å². The van der Waals surface area contributed by atoms with Crippen LogP contribution >= 0.6 is 0 Å². The van der Waals surface area contributed by atoms with E-state index in [-0.39, 0.29) is 6.61 Å². The summed E-state index contributed by atoms with van der Waals surface area (Å²) in [6.07, 6.45) is 4.00. The molecule has 2 atom stereocenters. The molecule has 0 spiro atoms. The normalized spacial score (nSPS) is 19.8. The highest BCUT2D eigenvalue weighted by atomic mass is 16.6. The summed E-state index contributed by atoms with van der Waals surface area (Å²) in [5.41, 5.74) is 1.81. The van der Waals surface area contributed by atoms with Crippen LogP contribution in [0.5, 0.6) is 0 Å². The molecule has 0 aromatic heterocycles. The second kappa shape index (κ2) is 8.29. The molecule has 0 saturated heterocycles. The first-order valence-corrected chi connectivity index (χ1v) is 7.39. The molecular formula is C18H20O5. The quantitative estimate of drug-likeness (QED) is 0.755. The van der Waals surface area contributed by atoms with E-state index in [2.05, 4.69) is 0 Å². The van der Waals surface area contributed by atoms with Crippen molar-refractivity contribution in [2.24, 2.45) is 0 Å². The second-order valence-corrected chi connectivity index (χ2v) is 5.21. The fourth-order valence-corrected chi connectivity index (χ4v) is 2.30. The number of allylic oxidation sites excluding steroid dienone is 2. The summed E-state index contributed by atoms with van der Waals surface area (Å²) in [6, 6.07) is 9.78. The molecule has 1 aliphatic rings. The third-order valence-electron chi connectivity index (χ3n) is 3.25. The average Bonchev–Trinajstić information content (AvgIpc) is 2.50. The Balaban J connectivity index is 1.99. The van der Waals surface area contributed by atoms with Gasteiger partial charge in [0.25, 0.3) is 0 Å². The maximum atomic E-state index is 11.3. The number of benzene rings is 1. The summed E-state index contributed by atoms with van der Waals surface area (Å²) in [6.45, 7) is 3.38. The SMILES string of the molecule is CC(=O)O[C@@H]1C(COCc2ccccc2)=CC=C[C@H]1OC(C)=O. The van der Waals surface area contributed by atoms with E-state index in [4.69, 9.17) is 14.2 Å². The Bertz CT molecular complexity index is 603. The van der Waals surface area contributed by atoms with Crippen LogP contribution < -0.4 is 0 Å². The Morgan fingerprint density at radius 1 is 1.00 bits per heavy atom. The summed E-state index contributed by atoms with van der Waals surface area (Å²) >= 11 is 0. The molecule has 0 unspecified atom stereocenters. The Hall–Kier alpha value is -2.40. The molecule has 1 aromatic carbocycles. The van der Waals surface area contributed by atoms with E-state index >= 15 is 0 Å². The van der Waals surface area contributed by atoms with Crippen LogP contribution in [0.15, 0.2) is 54.1 Å². The Labute approximate surface area is 135 Å². The monoisotopic (exact) mass is 316 g/mol. The van der Waals surface area contributed by atoms with Crippen LogP contribution in [0.2, 0.25) is 0 Å². The number of rotatable bonds is 6. The summed E-state index contributed by atoms with van der Waals surface area (Å²) in [5, 5.41) is 0. The zero-order valence-electron chi connectivity index (χ0n) is 13.2. The number of hydrogen-bond donors (Lipinski definition) is 0. The molecule has 2 rings (SSSR count). The fourth-order valence-electron chi connectivity index (χ4n) is 2.30. The molecule has 0 N–H and O–H groups in total. The highest BCUT2D eigenvalue weighted by Gasteiger charge is 2.30. The van der Waals surface area contributed by atoms with Crippen LogP contribution in [0.3, 0.4) is 0 Å². The van der Waals surface area contributed by atoms with Crippen molar-refractivity contribution in [1.82, 2.24) is 0 Å². The molecule has 5 nitrogen and oxygen atoms in total. The van der Waals surface area contributed by atoms with Gasteiger partial charge in [-0.2, -0.15) is 0 Å². The third kappa shape index (κ3) is 5.38. The standard InChI is InChI=1S/C18H20O5/c1-13(19)22-17-10-6-9-16(18(17)23-14(2)20)12-21-11-15-7-4-3-5-8-15/h3-10,17-18H,11-12H2,1-2H3/t17-,18-/m1/s1. The predicted octanol–water partition coefficient (Wildman–Crippen LogP) is 2.56. The van der Waals surface area contributed by atoms with Crippen molar-refractivity contribution in [3.63, 3.8) is 0 Å². The average molecular weight is 316 g/mol. The van der Waals surface area contributed by atoms with Gasteiger partial charge in [-0.3, -0.25) is 9.59 Å². The van der Waals surface area contributed by atoms with Crippen LogP contribution in [-0.2, 0) is 30.4 Å². The molecule has 5 heteroatoms. The van der Waals surface area contributed by atoms with Crippen LogP contribution in [0, 0.1) is 0 Å². The molecule has 0 aliphatic heterocycles. The van der Waals surface area contributed by atoms with Gasteiger partial charge in [0.15, 0.2) is 12.2 Å². The zero-order chi connectivity index (χ0) is 16.7. The first-order valence-electron chi connectivity index (χ1n) is 7.39. The van der Waals surface area contributed by atoms with E-state index < -0.39 is 24.1 Å². The van der Waals surface area contributed by atoms with Gasteiger partial charge >= 0.3 is 11.9 Å². The second-order valence-electron chi connectivity index (χ2n) is 5.21. The molecule has 0 amide bonds. The smallest absolute Gasteiger partial charge is 0.303 e. The van der Waals surface area contributed by atoms with Crippen molar-refractivity contribution < 1.29 is 23.8 Å². The van der Waals surface area contributed by atoms with E-state index in [1.807, 2.05) is 36.4 Å². The summed E-state index contributed by atoms with van der Waals surface area (Å²) in [5.74, 6) is -0.861. The lowest BCUT2D eigenvalue weighted by Crippen LogP contribution is -2.37. The van der Waals surface area contributed by atoms with Gasteiger partial charge in [0.1, 0.15) is 0 Å². The van der Waals surface area contributed by atoms with Crippen molar-refractivity contribution in [1.29, 1.82) is 0 Å². The maximum absolute atomic E-state index is 11.3. The van der Waals surface area contributed by atoms with Crippen LogP contribution in [0.4, 0.5) is 0 Å². The molecule has 0 saturated carbocycles. The molecule has 1 aromatic rings. The third-order valence-corrected chi connectivity index (χ3v) is 3.25. The first kappa shape index (κ1) is 17.0. The molecular weight excluding hydrogens is 296 g/mol. The fraction of sp³-hybridized carbons (Fsp3) is 0.333. The van der Waals surface area contributed by atoms with E-state index in [1.165, 1.54) is 13.8 Å². The van der Waals surface area contributed by atoms with Gasteiger partial charge in [0.05, 0.1) is 13.2 Å². The molecule has 0 radical (unpaired) electrons. The summed E-state index contributed by atoms with van der Waals surface area (Å²) in [4.78, 5) is 22.5. The van der Waals surface area contributed by atoms with Crippen molar-refractivity contribution in [3.05, 3.63) is 59.7 Å². The van der Waals surface area contributed by atoms with Gasteiger partial charge in [0, 0.05) is 13.8 Å². The number of hydrogen-bond acceptors (Lipinski definition) is 5. The Kier molecular flexibility index (Phi) is 6.11. The highest BCUT2D eigenvalue weighted by Crippen LogP contribution is 2.21. The first-order chi connectivity index (χ1) is 11.1. The van der Waals surface area contributed by atoms with E-state index in [0.717, 1.165) is 11.1 Å². The lowest BCUT2D eigenvalue weighted by Gasteiger charge is -2.28. The number of ether oxygens (including phenoxy) is 3. The van der Waals surface area contributed by atoms with Gasteiger partial charge in [-0.25, -0.2) is 0 Å². The Morgan fingerprint density at radius 3 is 2.35 bits per heavy atom. The predicted molar refractivity (Wildman–Crippen MR) is 84.4 cm³/mol. The number of esters is 2. The highest BCUT2D eigenvalue weighted by molar-refractivity contribution is 5.68.